The Morgan fingerprint density at radius 1 is 1.35 bits per heavy atom. The monoisotopic (exact) mass is 230 g/mol. The van der Waals surface area contributed by atoms with Crippen molar-refractivity contribution in [3.8, 4) is 0 Å². The van der Waals surface area contributed by atoms with Crippen LogP contribution in [-0.2, 0) is 6.54 Å². The van der Waals surface area contributed by atoms with Gasteiger partial charge in [-0.05, 0) is 37.9 Å². The topological polar surface area (TPSA) is 40.0 Å². The standard InChI is InChI=1S/C13H18N4/c1-2-6-13-12(5-1)10-17(16-15-13)9-11-4-3-7-14-8-11/h1-2,5-6,11,14H,3-4,7-10H2. The van der Waals surface area contributed by atoms with Gasteiger partial charge in [-0.15, -0.1) is 5.11 Å². The maximum Gasteiger partial charge on any atom is 0.0924 e. The fourth-order valence-electron chi connectivity index (χ4n) is 2.56. The van der Waals surface area contributed by atoms with Crippen molar-refractivity contribution in [1.82, 2.24) is 10.3 Å². The molecule has 0 spiro atoms. The molecule has 2 aliphatic heterocycles. The van der Waals surface area contributed by atoms with Crippen LogP contribution in [0.4, 0.5) is 5.69 Å². The van der Waals surface area contributed by atoms with Crippen LogP contribution < -0.4 is 5.32 Å². The molecule has 1 aromatic rings. The second-order valence-electron chi connectivity index (χ2n) is 4.88. The van der Waals surface area contributed by atoms with Gasteiger partial charge in [0, 0.05) is 12.1 Å². The lowest BCUT2D eigenvalue weighted by Crippen LogP contribution is -2.36. The summed E-state index contributed by atoms with van der Waals surface area (Å²) in [7, 11) is 0. The highest BCUT2D eigenvalue weighted by atomic mass is 15.5. The Labute approximate surface area is 102 Å². The van der Waals surface area contributed by atoms with Crippen LogP contribution in [0.3, 0.4) is 0 Å². The molecule has 0 aliphatic carbocycles. The third kappa shape index (κ3) is 2.47. The average Bonchev–Trinajstić information content (AvgIpc) is 2.40. The van der Waals surface area contributed by atoms with Crippen molar-refractivity contribution in [2.75, 3.05) is 19.6 Å². The van der Waals surface area contributed by atoms with Crippen molar-refractivity contribution in [3.63, 3.8) is 0 Å². The van der Waals surface area contributed by atoms with Crippen LogP contribution in [-0.4, -0.2) is 24.6 Å². The fourth-order valence-corrected chi connectivity index (χ4v) is 2.56. The summed E-state index contributed by atoms with van der Waals surface area (Å²) in [4.78, 5) is 0. The van der Waals surface area contributed by atoms with Crippen molar-refractivity contribution >= 4 is 5.69 Å². The SMILES string of the molecule is c1ccc2c(c1)CN(CC1CCCNC1)N=N2. The molecule has 0 saturated carbocycles. The highest BCUT2D eigenvalue weighted by molar-refractivity contribution is 5.45. The first-order valence-electron chi connectivity index (χ1n) is 6.37. The number of hydrogen-bond donors (Lipinski definition) is 1. The molecule has 4 nitrogen and oxygen atoms in total. The quantitative estimate of drug-likeness (QED) is 0.848. The summed E-state index contributed by atoms with van der Waals surface area (Å²) in [6.07, 6.45) is 2.59. The highest BCUT2D eigenvalue weighted by Gasteiger charge is 2.19. The summed E-state index contributed by atoms with van der Waals surface area (Å²) < 4.78 is 0. The molecule has 0 aromatic heterocycles. The van der Waals surface area contributed by atoms with E-state index in [4.69, 9.17) is 0 Å². The van der Waals surface area contributed by atoms with Crippen molar-refractivity contribution < 1.29 is 0 Å². The van der Waals surface area contributed by atoms with Gasteiger partial charge in [0.15, 0.2) is 0 Å². The Balaban J connectivity index is 1.64. The Kier molecular flexibility index (Phi) is 3.05. The third-order valence-electron chi connectivity index (χ3n) is 3.49. The molecule has 1 saturated heterocycles. The lowest BCUT2D eigenvalue weighted by molar-refractivity contribution is 0.192. The minimum absolute atomic E-state index is 0.716. The van der Waals surface area contributed by atoms with Gasteiger partial charge in [-0.1, -0.05) is 23.4 Å². The Morgan fingerprint density at radius 2 is 2.29 bits per heavy atom. The summed E-state index contributed by atoms with van der Waals surface area (Å²) in [5.74, 6) is 0.716. The van der Waals surface area contributed by atoms with E-state index in [0.717, 1.165) is 25.3 Å². The van der Waals surface area contributed by atoms with Crippen LogP contribution in [0.2, 0.25) is 0 Å². The Morgan fingerprint density at radius 3 is 3.18 bits per heavy atom. The molecule has 2 heterocycles. The first-order valence-corrected chi connectivity index (χ1v) is 6.37. The fraction of sp³-hybridized carbons (Fsp3) is 0.538. The van der Waals surface area contributed by atoms with Crippen molar-refractivity contribution in [1.29, 1.82) is 0 Å². The number of rotatable bonds is 2. The maximum absolute atomic E-state index is 4.30. The molecule has 0 radical (unpaired) electrons. The van der Waals surface area contributed by atoms with Crippen molar-refractivity contribution in [3.05, 3.63) is 29.8 Å². The lowest BCUT2D eigenvalue weighted by Gasteiger charge is -2.29. The van der Waals surface area contributed by atoms with E-state index in [9.17, 15) is 0 Å². The molecule has 1 aromatic carbocycles. The molecule has 17 heavy (non-hydrogen) atoms. The van der Waals surface area contributed by atoms with Crippen LogP contribution in [0.15, 0.2) is 34.6 Å². The normalized spacial score (nSPS) is 23.5. The van der Waals surface area contributed by atoms with E-state index in [0.29, 0.717) is 5.92 Å². The first-order chi connectivity index (χ1) is 8.42. The highest BCUT2D eigenvalue weighted by Crippen LogP contribution is 2.26. The van der Waals surface area contributed by atoms with Gasteiger partial charge in [-0.3, -0.25) is 5.01 Å². The summed E-state index contributed by atoms with van der Waals surface area (Å²) >= 11 is 0. The van der Waals surface area contributed by atoms with E-state index in [2.05, 4.69) is 32.8 Å². The van der Waals surface area contributed by atoms with Crippen LogP contribution in [0, 0.1) is 5.92 Å². The third-order valence-corrected chi connectivity index (χ3v) is 3.49. The summed E-state index contributed by atoms with van der Waals surface area (Å²) in [5.41, 5.74) is 2.30. The number of nitrogens with one attached hydrogen (secondary N) is 1. The number of piperidine rings is 1. The summed E-state index contributed by atoms with van der Waals surface area (Å²) in [5, 5.41) is 14.1. The molecular formula is C13H18N4. The molecule has 4 heteroatoms. The molecule has 1 fully saturated rings. The van der Waals surface area contributed by atoms with Crippen LogP contribution >= 0.6 is 0 Å². The second-order valence-corrected chi connectivity index (χ2v) is 4.88. The largest absolute Gasteiger partial charge is 0.316 e. The van der Waals surface area contributed by atoms with Gasteiger partial charge in [0.1, 0.15) is 0 Å². The molecule has 0 amide bonds. The van der Waals surface area contributed by atoms with Crippen molar-refractivity contribution in [2.45, 2.75) is 19.4 Å². The summed E-state index contributed by atoms with van der Waals surface area (Å²) in [6, 6.07) is 8.25. The van der Waals surface area contributed by atoms with Gasteiger partial charge in [-0.25, -0.2) is 0 Å². The molecule has 1 N–H and O–H groups in total. The molecule has 2 aliphatic rings. The average molecular weight is 230 g/mol. The first kappa shape index (κ1) is 10.7. The zero-order chi connectivity index (χ0) is 11.5. The van der Waals surface area contributed by atoms with Gasteiger partial charge in [0.05, 0.1) is 12.2 Å². The Hall–Kier alpha value is -1.42. The van der Waals surface area contributed by atoms with Gasteiger partial charge >= 0.3 is 0 Å². The lowest BCUT2D eigenvalue weighted by atomic mass is 9.99. The minimum atomic E-state index is 0.716. The molecular weight excluding hydrogens is 212 g/mol. The maximum atomic E-state index is 4.30. The van der Waals surface area contributed by atoms with Crippen LogP contribution in [0.1, 0.15) is 18.4 Å². The zero-order valence-electron chi connectivity index (χ0n) is 9.97. The van der Waals surface area contributed by atoms with Gasteiger partial charge in [-0.2, -0.15) is 0 Å². The minimum Gasteiger partial charge on any atom is -0.316 e. The van der Waals surface area contributed by atoms with E-state index >= 15 is 0 Å². The van der Waals surface area contributed by atoms with Crippen LogP contribution in [0.25, 0.3) is 0 Å². The Bertz CT molecular complexity index is 410. The molecule has 1 unspecified atom stereocenters. The summed E-state index contributed by atoms with van der Waals surface area (Å²) in [6.45, 7) is 4.20. The molecule has 1 atom stereocenters. The number of fused-ring (bicyclic) bond motifs is 1. The number of benzene rings is 1. The van der Waals surface area contributed by atoms with Crippen molar-refractivity contribution in [2.24, 2.45) is 16.3 Å². The van der Waals surface area contributed by atoms with E-state index in [-0.39, 0.29) is 0 Å². The van der Waals surface area contributed by atoms with E-state index < -0.39 is 0 Å². The predicted molar refractivity (Wildman–Crippen MR) is 67.0 cm³/mol. The number of nitrogens with zero attached hydrogens (tertiary/aromatic N) is 3. The van der Waals surface area contributed by atoms with E-state index in [1.807, 2.05) is 12.1 Å². The zero-order valence-corrected chi connectivity index (χ0v) is 9.97. The van der Waals surface area contributed by atoms with E-state index in [1.54, 1.807) is 0 Å². The van der Waals surface area contributed by atoms with Gasteiger partial charge in [0.25, 0.3) is 0 Å². The molecule has 90 valence electrons. The second kappa shape index (κ2) is 4.84. The van der Waals surface area contributed by atoms with Gasteiger partial charge < -0.3 is 5.32 Å². The van der Waals surface area contributed by atoms with Gasteiger partial charge in [0.2, 0.25) is 0 Å². The molecule has 3 rings (SSSR count). The predicted octanol–water partition coefficient (Wildman–Crippen LogP) is 2.50. The number of hydrogen-bond acceptors (Lipinski definition) is 4. The van der Waals surface area contributed by atoms with Crippen LogP contribution in [0.5, 0.6) is 0 Å². The van der Waals surface area contributed by atoms with E-state index in [1.165, 1.54) is 24.9 Å². The molecule has 0 bridgehead atoms. The smallest absolute Gasteiger partial charge is 0.0924 e.